The first-order chi connectivity index (χ1) is 29.5. The van der Waals surface area contributed by atoms with Crippen LogP contribution < -0.4 is 0 Å². The first-order valence-electron chi connectivity index (χ1n) is 26.0. The molecule has 350 valence electrons. The van der Waals surface area contributed by atoms with E-state index in [0.717, 1.165) is 83.5 Å². The van der Waals surface area contributed by atoms with Crippen LogP contribution >= 0.6 is 0 Å². The van der Waals surface area contributed by atoms with E-state index in [4.69, 9.17) is 14.2 Å². The van der Waals surface area contributed by atoms with Crippen LogP contribution in [0.3, 0.4) is 0 Å². The summed E-state index contributed by atoms with van der Waals surface area (Å²) in [6.45, 7) is 6.60. The van der Waals surface area contributed by atoms with Gasteiger partial charge in [-0.3, -0.25) is 14.4 Å². The van der Waals surface area contributed by atoms with E-state index in [1.54, 1.807) is 0 Å². The maximum atomic E-state index is 12.8. The molecule has 0 heterocycles. The highest BCUT2D eigenvalue weighted by Gasteiger charge is 2.19. The van der Waals surface area contributed by atoms with Gasteiger partial charge in [-0.05, 0) is 77.0 Å². The van der Waals surface area contributed by atoms with Crippen LogP contribution in [-0.2, 0) is 28.6 Å². The molecule has 0 aromatic heterocycles. The lowest BCUT2D eigenvalue weighted by molar-refractivity contribution is -0.167. The van der Waals surface area contributed by atoms with E-state index < -0.39 is 6.10 Å². The average Bonchev–Trinajstić information content (AvgIpc) is 3.24. The molecule has 0 radical (unpaired) electrons. The molecule has 0 amide bonds. The highest BCUT2D eigenvalue weighted by atomic mass is 16.6. The second-order valence-corrected chi connectivity index (χ2v) is 17.4. The molecule has 0 aliphatic rings. The van der Waals surface area contributed by atoms with Crippen molar-refractivity contribution in [3.63, 3.8) is 0 Å². The van der Waals surface area contributed by atoms with Crippen molar-refractivity contribution < 1.29 is 28.6 Å². The normalized spacial score (nSPS) is 12.2. The van der Waals surface area contributed by atoms with E-state index in [1.165, 1.54) is 148 Å². The summed E-state index contributed by atoms with van der Waals surface area (Å²) >= 11 is 0. The van der Waals surface area contributed by atoms with Gasteiger partial charge in [-0.1, -0.05) is 211 Å². The Morgan fingerprint density at radius 3 is 0.967 bits per heavy atom. The quantitative estimate of drug-likeness (QED) is 0.0263. The second-order valence-electron chi connectivity index (χ2n) is 17.4. The molecule has 6 nitrogen and oxygen atoms in total. The van der Waals surface area contributed by atoms with Crippen LogP contribution in [0.5, 0.6) is 0 Å². The summed E-state index contributed by atoms with van der Waals surface area (Å²) in [4.78, 5) is 37.9. The van der Waals surface area contributed by atoms with Gasteiger partial charge in [-0.15, -0.1) is 0 Å². The number of hydrogen-bond donors (Lipinski definition) is 0. The summed E-state index contributed by atoms with van der Waals surface area (Å²) < 4.78 is 16.8. The fourth-order valence-electron chi connectivity index (χ4n) is 7.41. The molecular formula is C54H98O6. The van der Waals surface area contributed by atoms with Gasteiger partial charge in [-0.25, -0.2) is 0 Å². The molecule has 1 atom stereocenters. The third-order valence-corrected chi connectivity index (χ3v) is 11.4. The number of esters is 3. The topological polar surface area (TPSA) is 78.9 Å². The van der Waals surface area contributed by atoms with Crippen LogP contribution in [0, 0.1) is 0 Å². The average molecular weight is 843 g/mol. The van der Waals surface area contributed by atoms with Gasteiger partial charge < -0.3 is 14.2 Å². The van der Waals surface area contributed by atoms with E-state index >= 15 is 0 Å². The Labute approximate surface area is 372 Å². The highest BCUT2D eigenvalue weighted by molar-refractivity contribution is 5.71. The Morgan fingerprint density at radius 1 is 0.333 bits per heavy atom. The van der Waals surface area contributed by atoms with Crippen molar-refractivity contribution in [2.45, 2.75) is 277 Å². The van der Waals surface area contributed by atoms with Crippen molar-refractivity contribution in [2.24, 2.45) is 0 Å². The lowest BCUT2D eigenvalue weighted by Gasteiger charge is -2.18. The number of unbranched alkanes of at least 4 members (excludes halogenated alkanes) is 30. The van der Waals surface area contributed by atoms with E-state index in [1.807, 2.05) is 0 Å². The van der Waals surface area contributed by atoms with Gasteiger partial charge >= 0.3 is 17.9 Å². The fourth-order valence-corrected chi connectivity index (χ4v) is 7.41. The van der Waals surface area contributed by atoms with Crippen LogP contribution in [0.1, 0.15) is 271 Å². The summed E-state index contributed by atoms with van der Waals surface area (Å²) in [6.07, 6.45) is 56.9. The van der Waals surface area contributed by atoms with Crippen molar-refractivity contribution in [1.29, 1.82) is 0 Å². The molecule has 0 aromatic rings. The molecule has 0 spiro atoms. The van der Waals surface area contributed by atoms with E-state index in [0.29, 0.717) is 19.3 Å². The van der Waals surface area contributed by atoms with Crippen molar-refractivity contribution in [3.8, 4) is 0 Å². The molecule has 0 unspecified atom stereocenters. The smallest absolute Gasteiger partial charge is 0.306 e. The molecule has 0 N–H and O–H groups in total. The zero-order valence-electron chi connectivity index (χ0n) is 40.0. The maximum absolute atomic E-state index is 12.8. The zero-order chi connectivity index (χ0) is 43.7. The molecule has 0 aliphatic carbocycles. The van der Waals surface area contributed by atoms with Gasteiger partial charge in [0.2, 0.25) is 0 Å². The zero-order valence-corrected chi connectivity index (χ0v) is 40.0. The summed E-state index contributed by atoms with van der Waals surface area (Å²) in [6, 6.07) is 0. The minimum atomic E-state index is -0.778. The standard InChI is InChI=1S/C54H98O6/c1-4-7-10-13-16-19-22-25-27-29-32-35-38-41-44-47-53(56)59-50-51(49-58-52(55)46-43-40-37-34-31-24-21-18-15-12-9-6-3)60-54(57)48-45-42-39-36-33-30-28-26-23-20-17-14-11-8-5-2/h16,19,25-28,51H,4-15,17-18,20-24,29-50H2,1-3H3/b19-16-,27-25-,28-26-/t51-/m0/s1. The highest BCUT2D eigenvalue weighted by Crippen LogP contribution is 2.15. The van der Waals surface area contributed by atoms with Gasteiger partial charge in [0, 0.05) is 19.3 Å². The largest absolute Gasteiger partial charge is 0.462 e. The summed E-state index contributed by atoms with van der Waals surface area (Å²) in [5.74, 6) is -0.891. The van der Waals surface area contributed by atoms with Crippen molar-refractivity contribution in [2.75, 3.05) is 13.2 Å². The third-order valence-electron chi connectivity index (χ3n) is 11.4. The SMILES string of the molecule is CCCCC/C=C\C/C=C\CCCCCCCC(=O)OC[C@H](COC(=O)CCCCCCCCCCCCCC)OC(=O)CCCCCCC/C=C\CCCCCCCC. The van der Waals surface area contributed by atoms with Crippen LogP contribution in [0.2, 0.25) is 0 Å². The molecule has 0 aromatic carbocycles. The van der Waals surface area contributed by atoms with Gasteiger partial charge in [0.1, 0.15) is 13.2 Å². The second kappa shape index (κ2) is 49.3. The summed E-state index contributed by atoms with van der Waals surface area (Å²) in [5.41, 5.74) is 0. The minimum absolute atomic E-state index is 0.0772. The molecule has 0 aliphatic heterocycles. The Bertz CT molecular complexity index is 1020. The number of rotatable bonds is 47. The first kappa shape index (κ1) is 57.6. The lowest BCUT2D eigenvalue weighted by atomic mass is 10.0. The number of carbonyl (C=O) groups excluding carboxylic acids is 3. The Hall–Kier alpha value is -2.37. The number of hydrogen-bond acceptors (Lipinski definition) is 6. The van der Waals surface area contributed by atoms with Gasteiger partial charge in [0.25, 0.3) is 0 Å². The number of allylic oxidation sites excluding steroid dienone is 6. The predicted octanol–water partition coefficient (Wildman–Crippen LogP) is 16.9. The van der Waals surface area contributed by atoms with Crippen molar-refractivity contribution in [3.05, 3.63) is 36.5 Å². The van der Waals surface area contributed by atoms with E-state index in [2.05, 4.69) is 57.2 Å². The molecule has 0 saturated heterocycles. The molecular weight excluding hydrogens is 745 g/mol. The van der Waals surface area contributed by atoms with Crippen LogP contribution in [0.25, 0.3) is 0 Å². The monoisotopic (exact) mass is 843 g/mol. The van der Waals surface area contributed by atoms with Gasteiger partial charge in [-0.2, -0.15) is 0 Å². The molecule has 0 saturated carbocycles. The maximum Gasteiger partial charge on any atom is 0.306 e. The molecule has 0 bridgehead atoms. The lowest BCUT2D eigenvalue weighted by Crippen LogP contribution is -2.30. The molecule has 0 rings (SSSR count). The van der Waals surface area contributed by atoms with Gasteiger partial charge in [0.15, 0.2) is 6.10 Å². The van der Waals surface area contributed by atoms with E-state index in [9.17, 15) is 14.4 Å². The third kappa shape index (κ3) is 46.7. The summed E-state index contributed by atoms with van der Waals surface area (Å²) in [5, 5.41) is 0. The Morgan fingerprint density at radius 2 is 0.600 bits per heavy atom. The first-order valence-corrected chi connectivity index (χ1v) is 26.0. The molecule has 0 fully saturated rings. The van der Waals surface area contributed by atoms with E-state index in [-0.39, 0.29) is 31.1 Å². The number of carbonyl (C=O) groups is 3. The van der Waals surface area contributed by atoms with Crippen LogP contribution in [0.4, 0.5) is 0 Å². The number of ether oxygens (including phenoxy) is 3. The van der Waals surface area contributed by atoms with Crippen LogP contribution in [-0.4, -0.2) is 37.2 Å². The predicted molar refractivity (Wildman–Crippen MR) is 256 cm³/mol. The van der Waals surface area contributed by atoms with Crippen molar-refractivity contribution in [1.82, 2.24) is 0 Å². The van der Waals surface area contributed by atoms with Gasteiger partial charge in [0.05, 0.1) is 0 Å². The Kier molecular flexibility index (Phi) is 47.3. The Balaban J connectivity index is 4.39. The molecule has 6 heteroatoms. The molecule has 60 heavy (non-hydrogen) atoms. The fraction of sp³-hybridized carbons (Fsp3) is 0.833. The van der Waals surface area contributed by atoms with Crippen molar-refractivity contribution >= 4 is 17.9 Å². The summed E-state index contributed by atoms with van der Waals surface area (Å²) in [7, 11) is 0. The van der Waals surface area contributed by atoms with Crippen LogP contribution in [0.15, 0.2) is 36.5 Å². The minimum Gasteiger partial charge on any atom is -0.462 e.